The third-order valence-corrected chi connectivity index (χ3v) is 7.58. The maximum atomic E-state index is 12.8. The number of methoxy groups -OCH3 is 1. The molecule has 0 radical (unpaired) electrons. The Morgan fingerprint density at radius 2 is 1.70 bits per heavy atom. The number of benzene rings is 2. The number of aliphatic carboxylic acids is 1. The van der Waals surface area contributed by atoms with Crippen LogP contribution in [0.3, 0.4) is 0 Å². The largest absolute Gasteiger partial charge is 0.497 e. The van der Waals surface area contributed by atoms with Gasteiger partial charge in [0.1, 0.15) is 12.0 Å². The van der Waals surface area contributed by atoms with E-state index in [0.29, 0.717) is 24.6 Å². The van der Waals surface area contributed by atoms with Gasteiger partial charge < -0.3 is 24.4 Å². The predicted octanol–water partition coefficient (Wildman–Crippen LogP) is 4.49. The van der Waals surface area contributed by atoms with Gasteiger partial charge in [-0.2, -0.15) is 0 Å². The highest BCUT2D eigenvalue weighted by Gasteiger charge is 2.48. The van der Waals surface area contributed by atoms with Crippen LogP contribution in [0.25, 0.3) is 0 Å². The molecule has 2 aliphatic rings. The quantitative estimate of drug-likeness (QED) is 0.380. The molecule has 2 N–H and O–H groups in total. The fraction of sp³-hybridized carbons (Fsp3) is 0.552. The van der Waals surface area contributed by atoms with Crippen LogP contribution in [-0.4, -0.2) is 72.3 Å². The molecule has 4 rings (SSSR count). The molecule has 1 saturated heterocycles. The molecular formula is C29H40N2O6. The van der Waals surface area contributed by atoms with E-state index < -0.39 is 24.2 Å². The summed E-state index contributed by atoms with van der Waals surface area (Å²) in [6.07, 6.45) is 3.46. The van der Waals surface area contributed by atoms with E-state index in [1.807, 2.05) is 42.5 Å². The monoisotopic (exact) mass is 512 g/mol. The molecule has 8 heteroatoms. The molecule has 0 aliphatic carbocycles. The first-order chi connectivity index (χ1) is 18.0. The van der Waals surface area contributed by atoms with Crippen LogP contribution in [0.1, 0.15) is 62.6 Å². The second-order valence-corrected chi connectivity index (χ2v) is 9.98. The fourth-order valence-corrected chi connectivity index (χ4v) is 5.56. The molecule has 1 fully saturated rings. The lowest BCUT2D eigenvalue weighted by atomic mass is 9.82. The first-order valence-electron chi connectivity index (χ1n) is 13.4. The number of carboxylic acids is 1. The maximum Gasteiger partial charge on any atom is 0.309 e. The third kappa shape index (κ3) is 6.20. The van der Waals surface area contributed by atoms with Crippen molar-refractivity contribution in [2.24, 2.45) is 5.92 Å². The summed E-state index contributed by atoms with van der Waals surface area (Å²) < 4.78 is 16.4. The van der Waals surface area contributed by atoms with Crippen molar-refractivity contribution >= 4 is 5.97 Å². The van der Waals surface area contributed by atoms with Gasteiger partial charge in [0.05, 0.1) is 13.0 Å². The van der Waals surface area contributed by atoms with Crippen LogP contribution in [0.5, 0.6) is 17.2 Å². The standard InChI is InChI=1S/C29H40N2O6/c1-4-6-14-30(15-7-5-2)26(32)18-31-17-23(21-10-13-24-25(16-21)37-19-36-24)27(29(33)34)28(31)20-8-11-22(35-3)12-9-20/h8-13,16,23,26-28,32H,4-7,14-15,17-19H2,1-3H3,(H,33,34). The Labute approximate surface area is 219 Å². The number of hydrogen-bond donors (Lipinski definition) is 2. The van der Waals surface area contributed by atoms with Gasteiger partial charge in [0.15, 0.2) is 11.5 Å². The highest BCUT2D eigenvalue weighted by atomic mass is 16.7. The summed E-state index contributed by atoms with van der Waals surface area (Å²) in [5.41, 5.74) is 1.80. The lowest BCUT2D eigenvalue weighted by molar-refractivity contribution is -0.143. The number of likely N-dealkylation sites (tertiary alicyclic amines) is 1. The molecule has 0 bridgehead atoms. The van der Waals surface area contributed by atoms with Gasteiger partial charge >= 0.3 is 5.97 Å². The number of aliphatic hydroxyl groups is 1. The van der Waals surface area contributed by atoms with E-state index in [1.54, 1.807) is 7.11 Å². The molecule has 0 spiro atoms. The van der Waals surface area contributed by atoms with Crippen LogP contribution in [0.15, 0.2) is 42.5 Å². The smallest absolute Gasteiger partial charge is 0.309 e. The van der Waals surface area contributed by atoms with E-state index in [4.69, 9.17) is 14.2 Å². The number of hydrogen-bond acceptors (Lipinski definition) is 7. The minimum atomic E-state index is -0.853. The molecule has 2 heterocycles. The molecular weight excluding hydrogens is 472 g/mol. The second-order valence-electron chi connectivity index (χ2n) is 9.98. The van der Waals surface area contributed by atoms with Crippen molar-refractivity contribution in [3.63, 3.8) is 0 Å². The Hall–Kier alpha value is -2.81. The summed E-state index contributed by atoms with van der Waals surface area (Å²) in [6, 6.07) is 12.9. The summed E-state index contributed by atoms with van der Waals surface area (Å²) >= 11 is 0. The van der Waals surface area contributed by atoms with Gasteiger partial charge in [-0.15, -0.1) is 0 Å². The topological polar surface area (TPSA) is 91.7 Å². The Kier molecular flexibility index (Phi) is 9.29. The molecule has 4 unspecified atom stereocenters. The second kappa shape index (κ2) is 12.6. The summed E-state index contributed by atoms with van der Waals surface area (Å²) in [5, 5.41) is 21.8. The van der Waals surface area contributed by atoms with Crippen molar-refractivity contribution in [2.45, 2.75) is 57.7 Å². The van der Waals surface area contributed by atoms with Crippen molar-refractivity contribution in [3.05, 3.63) is 53.6 Å². The summed E-state index contributed by atoms with van der Waals surface area (Å²) in [4.78, 5) is 17.1. The van der Waals surface area contributed by atoms with Crippen LogP contribution in [0.2, 0.25) is 0 Å². The van der Waals surface area contributed by atoms with Crippen molar-refractivity contribution in [3.8, 4) is 17.2 Å². The zero-order valence-electron chi connectivity index (χ0n) is 22.1. The van der Waals surface area contributed by atoms with Crippen molar-refractivity contribution < 1.29 is 29.2 Å². The lowest BCUT2D eigenvalue weighted by Gasteiger charge is -2.34. The number of ether oxygens (including phenoxy) is 3. The fourth-order valence-electron chi connectivity index (χ4n) is 5.56. The maximum absolute atomic E-state index is 12.8. The normalized spacial score (nSPS) is 21.9. The molecule has 2 aliphatic heterocycles. The van der Waals surface area contributed by atoms with Gasteiger partial charge in [0, 0.05) is 38.1 Å². The van der Waals surface area contributed by atoms with Crippen LogP contribution < -0.4 is 14.2 Å². The highest BCUT2D eigenvalue weighted by molar-refractivity contribution is 5.74. The summed E-state index contributed by atoms with van der Waals surface area (Å²) in [6.45, 7) is 7.01. The van der Waals surface area contributed by atoms with Crippen molar-refractivity contribution in [1.29, 1.82) is 0 Å². The minimum absolute atomic E-state index is 0.171. The van der Waals surface area contributed by atoms with E-state index in [0.717, 1.165) is 55.6 Å². The lowest BCUT2D eigenvalue weighted by Crippen LogP contribution is -2.45. The van der Waals surface area contributed by atoms with Crippen molar-refractivity contribution in [2.75, 3.05) is 40.1 Å². The van der Waals surface area contributed by atoms with Gasteiger partial charge in [0.2, 0.25) is 6.79 Å². The van der Waals surface area contributed by atoms with Gasteiger partial charge in [0.25, 0.3) is 0 Å². The Bertz CT molecular complexity index is 1020. The third-order valence-electron chi connectivity index (χ3n) is 7.58. The minimum Gasteiger partial charge on any atom is -0.497 e. The number of unbranched alkanes of at least 4 members (excludes halogenated alkanes) is 2. The van der Waals surface area contributed by atoms with Crippen LogP contribution in [-0.2, 0) is 4.79 Å². The first kappa shape index (κ1) is 27.2. The van der Waals surface area contributed by atoms with Gasteiger partial charge in [-0.25, -0.2) is 0 Å². The number of rotatable bonds is 13. The highest BCUT2D eigenvalue weighted by Crippen LogP contribution is 2.48. The van der Waals surface area contributed by atoms with Gasteiger partial charge in [-0.3, -0.25) is 14.6 Å². The number of fused-ring (bicyclic) bond motifs is 1. The molecule has 4 atom stereocenters. The molecule has 0 aromatic heterocycles. The molecule has 8 nitrogen and oxygen atoms in total. The summed E-state index contributed by atoms with van der Waals surface area (Å²) in [5.74, 6) is 0.223. The number of β-amino-alcohol motifs (C(OH)–C–C–N with tert-alkyl or cyclic N) is 1. The summed E-state index contributed by atoms with van der Waals surface area (Å²) in [7, 11) is 1.62. The Balaban J connectivity index is 1.66. The number of carboxylic acid groups (broad SMARTS) is 1. The van der Waals surface area contributed by atoms with Crippen LogP contribution in [0, 0.1) is 5.92 Å². The number of aliphatic hydroxyl groups excluding tert-OH is 1. The van der Waals surface area contributed by atoms with E-state index >= 15 is 0 Å². The van der Waals surface area contributed by atoms with Gasteiger partial charge in [-0.05, 0) is 48.2 Å². The zero-order valence-corrected chi connectivity index (χ0v) is 22.1. The average molecular weight is 513 g/mol. The van der Waals surface area contributed by atoms with E-state index in [1.165, 1.54) is 0 Å². The first-order valence-corrected chi connectivity index (χ1v) is 13.4. The Morgan fingerprint density at radius 3 is 2.32 bits per heavy atom. The molecule has 0 saturated carbocycles. The SMILES string of the molecule is CCCCN(CCCC)C(O)CN1CC(c2ccc3c(c2)OCO3)C(C(=O)O)C1c1ccc(OC)cc1. The molecule has 0 amide bonds. The molecule has 2 aromatic carbocycles. The van der Waals surface area contributed by atoms with E-state index in [2.05, 4.69) is 23.6 Å². The number of carbonyl (C=O) groups is 1. The van der Waals surface area contributed by atoms with E-state index in [-0.39, 0.29) is 12.7 Å². The number of nitrogens with zero attached hydrogens (tertiary/aromatic N) is 2. The van der Waals surface area contributed by atoms with Gasteiger partial charge in [-0.1, -0.05) is 44.9 Å². The zero-order chi connectivity index (χ0) is 26.4. The molecule has 2 aromatic rings. The molecule has 202 valence electrons. The van der Waals surface area contributed by atoms with Crippen LogP contribution in [0.4, 0.5) is 0 Å². The molecule has 37 heavy (non-hydrogen) atoms. The predicted molar refractivity (Wildman–Crippen MR) is 141 cm³/mol. The van der Waals surface area contributed by atoms with E-state index in [9.17, 15) is 15.0 Å². The average Bonchev–Trinajstić information content (AvgIpc) is 3.53. The van der Waals surface area contributed by atoms with Crippen molar-refractivity contribution in [1.82, 2.24) is 9.80 Å². The Morgan fingerprint density at radius 1 is 1.05 bits per heavy atom. The van der Waals surface area contributed by atoms with Crippen LogP contribution >= 0.6 is 0 Å².